The summed E-state index contributed by atoms with van der Waals surface area (Å²) in [6.07, 6.45) is -2.64. The molecule has 0 aliphatic heterocycles. The van der Waals surface area contributed by atoms with E-state index >= 15 is 0 Å². The van der Waals surface area contributed by atoms with Crippen molar-refractivity contribution >= 4 is 21.6 Å². The number of sulfonamides is 1. The van der Waals surface area contributed by atoms with Crippen molar-refractivity contribution in [2.24, 2.45) is 0 Å². The minimum Gasteiger partial charge on any atom is -0.259 e. The van der Waals surface area contributed by atoms with Crippen LogP contribution in [0.25, 0.3) is 0 Å². The lowest BCUT2D eigenvalue weighted by molar-refractivity contribution is -0.137. The Labute approximate surface area is 149 Å². The molecule has 136 valence electrons. The van der Waals surface area contributed by atoms with Gasteiger partial charge in [0.1, 0.15) is 0 Å². The van der Waals surface area contributed by atoms with Crippen molar-refractivity contribution in [2.75, 3.05) is 12.8 Å². The van der Waals surface area contributed by atoms with Crippen molar-refractivity contribution in [3.8, 4) is 0 Å². The van der Waals surface area contributed by atoms with Gasteiger partial charge < -0.3 is 0 Å². The van der Waals surface area contributed by atoms with Gasteiger partial charge in [-0.25, -0.2) is 8.42 Å². The fourth-order valence-electron chi connectivity index (χ4n) is 2.19. The number of rotatable bonds is 6. The Morgan fingerprint density at radius 1 is 1.20 bits per heavy atom. The lowest BCUT2D eigenvalue weighted by Crippen LogP contribution is -2.31. The summed E-state index contributed by atoms with van der Waals surface area (Å²) >= 11 is 5.86. The molecule has 0 radical (unpaired) electrons. The highest BCUT2D eigenvalue weighted by molar-refractivity contribution is 7.88. The fraction of sp³-hybridized carbons (Fsp3) is 0.312. The fourth-order valence-corrected chi connectivity index (χ4v) is 3.25. The lowest BCUT2D eigenvalue weighted by Gasteiger charge is -2.20. The number of benzene rings is 1. The number of halogens is 4. The molecule has 0 unspecified atom stereocenters. The molecule has 1 aromatic heterocycles. The summed E-state index contributed by atoms with van der Waals surface area (Å²) in [7, 11) is -3.50. The van der Waals surface area contributed by atoms with Gasteiger partial charge in [-0.05, 0) is 11.6 Å². The zero-order chi connectivity index (χ0) is 18.7. The van der Waals surface area contributed by atoms with E-state index in [0.29, 0.717) is 6.20 Å². The molecule has 0 aliphatic rings. The summed E-state index contributed by atoms with van der Waals surface area (Å²) in [5.41, 5.74) is 0.0845. The van der Waals surface area contributed by atoms with Crippen molar-refractivity contribution in [3.63, 3.8) is 0 Å². The zero-order valence-corrected chi connectivity index (χ0v) is 14.9. The highest BCUT2D eigenvalue weighted by Crippen LogP contribution is 2.31. The van der Waals surface area contributed by atoms with Crippen molar-refractivity contribution in [2.45, 2.75) is 19.1 Å². The van der Waals surface area contributed by atoms with E-state index in [-0.39, 0.29) is 30.2 Å². The van der Waals surface area contributed by atoms with Gasteiger partial charge in [0.15, 0.2) is 0 Å². The first-order valence-corrected chi connectivity index (χ1v) is 9.50. The van der Waals surface area contributed by atoms with Crippen LogP contribution in [0.1, 0.15) is 16.8 Å². The second kappa shape index (κ2) is 7.72. The summed E-state index contributed by atoms with van der Waals surface area (Å²) in [4.78, 5) is 3.73. The third-order valence-corrected chi connectivity index (χ3v) is 5.09. The van der Waals surface area contributed by atoms with Crippen molar-refractivity contribution < 1.29 is 21.6 Å². The average molecular weight is 393 g/mol. The van der Waals surface area contributed by atoms with Crippen LogP contribution in [0.5, 0.6) is 0 Å². The van der Waals surface area contributed by atoms with Crippen LogP contribution in [0.4, 0.5) is 13.2 Å². The van der Waals surface area contributed by atoms with E-state index in [0.717, 1.165) is 17.9 Å². The monoisotopic (exact) mass is 392 g/mol. The summed E-state index contributed by atoms with van der Waals surface area (Å²) in [5, 5.41) is -0.136. The van der Waals surface area contributed by atoms with Gasteiger partial charge in [0.25, 0.3) is 0 Å². The van der Waals surface area contributed by atoms with Crippen LogP contribution in [0.2, 0.25) is 5.02 Å². The van der Waals surface area contributed by atoms with E-state index in [2.05, 4.69) is 4.98 Å². The molecule has 0 spiro atoms. The Morgan fingerprint density at radius 2 is 1.84 bits per heavy atom. The van der Waals surface area contributed by atoms with Crippen LogP contribution in [-0.2, 0) is 29.2 Å². The minimum absolute atomic E-state index is 0.0613. The maximum Gasteiger partial charge on any atom is 0.417 e. The Bertz CT molecular complexity index is 827. The molecule has 0 amide bonds. The van der Waals surface area contributed by atoms with Crippen LogP contribution in [0, 0.1) is 0 Å². The molecular weight excluding hydrogens is 377 g/mol. The van der Waals surface area contributed by atoms with Crippen molar-refractivity contribution in [1.82, 2.24) is 9.29 Å². The second-order valence-electron chi connectivity index (χ2n) is 5.48. The second-order valence-corrected chi connectivity index (χ2v) is 7.87. The smallest absolute Gasteiger partial charge is 0.259 e. The topological polar surface area (TPSA) is 50.3 Å². The van der Waals surface area contributed by atoms with Crippen molar-refractivity contribution in [1.29, 1.82) is 0 Å². The Kier molecular flexibility index (Phi) is 6.08. The number of pyridine rings is 1. The van der Waals surface area contributed by atoms with Gasteiger partial charge in [-0.2, -0.15) is 17.5 Å². The molecule has 2 rings (SSSR count). The Hall–Kier alpha value is -1.64. The third-order valence-electron chi connectivity index (χ3n) is 3.51. The Balaban J connectivity index is 2.13. The maximum absolute atomic E-state index is 12.6. The molecule has 0 saturated heterocycles. The number of hydrogen-bond donors (Lipinski definition) is 0. The number of hydrogen-bond acceptors (Lipinski definition) is 3. The normalized spacial score (nSPS) is 12.6. The molecule has 0 bridgehead atoms. The summed E-state index contributed by atoms with van der Waals surface area (Å²) in [6.45, 7) is 0.226. The standard InChI is InChI=1S/C16H16ClF3N2O2S/c1-25(23,24)22(11-12-5-3-2-4-6-12)8-7-15-14(17)9-13(10-21-15)16(18,19)20/h2-6,9-10H,7-8,11H2,1H3. The largest absolute Gasteiger partial charge is 0.417 e. The van der Waals surface area contributed by atoms with Gasteiger partial charge >= 0.3 is 6.18 Å². The number of alkyl halides is 3. The van der Waals surface area contributed by atoms with Gasteiger partial charge in [-0.1, -0.05) is 41.9 Å². The van der Waals surface area contributed by atoms with Crippen molar-refractivity contribution in [3.05, 3.63) is 64.4 Å². The molecule has 0 fully saturated rings. The van der Waals surface area contributed by atoms with E-state index in [1.54, 1.807) is 24.3 Å². The van der Waals surface area contributed by atoms with Gasteiger partial charge in [0.2, 0.25) is 10.0 Å². The molecule has 0 saturated carbocycles. The van der Waals surface area contributed by atoms with Gasteiger partial charge in [0, 0.05) is 25.7 Å². The molecule has 2 aromatic rings. The van der Waals surface area contributed by atoms with Gasteiger partial charge in [-0.15, -0.1) is 0 Å². The first-order valence-electron chi connectivity index (χ1n) is 7.28. The van der Waals surface area contributed by atoms with Crippen LogP contribution in [-0.4, -0.2) is 30.5 Å². The number of nitrogens with zero attached hydrogens (tertiary/aromatic N) is 2. The molecule has 0 aliphatic carbocycles. The van der Waals surface area contributed by atoms with Crippen LogP contribution in [0.3, 0.4) is 0 Å². The predicted molar refractivity (Wildman–Crippen MR) is 89.6 cm³/mol. The molecule has 0 N–H and O–H groups in total. The molecule has 25 heavy (non-hydrogen) atoms. The summed E-state index contributed by atoms with van der Waals surface area (Å²) < 4.78 is 63.0. The molecule has 4 nitrogen and oxygen atoms in total. The first-order chi connectivity index (χ1) is 11.6. The molecule has 0 atom stereocenters. The predicted octanol–water partition coefficient (Wildman–Crippen LogP) is 3.76. The Morgan fingerprint density at radius 3 is 2.36 bits per heavy atom. The van der Waals surface area contributed by atoms with E-state index in [1.165, 1.54) is 4.31 Å². The van der Waals surface area contributed by atoms with Gasteiger partial charge in [0.05, 0.1) is 22.5 Å². The summed E-state index contributed by atoms with van der Waals surface area (Å²) in [6, 6.07) is 9.79. The van der Waals surface area contributed by atoms with Crippen LogP contribution < -0.4 is 0 Å². The summed E-state index contributed by atoms with van der Waals surface area (Å²) in [5.74, 6) is 0. The minimum atomic E-state index is -4.53. The van der Waals surface area contributed by atoms with E-state index in [1.807, 2.05) is 6.07 Å². The lowest BCUT2D eigenvalue weighted by atomic mass is 10.2. The number of aromatic nitrogens is 1. The van der Waals surface area contributed by atoms with Crippen LogP contribution in [0.15, 0.2) is 42.6 Å². The van der Waals surface area contributed by atoms with E-state index in [4.69, 9.17) is 11.6 Å². The third kappa shape index (κ3) is 5.69. The SMILES string of the molecule is CS(=O)(=O)N(CCc1ncc(C(F)(F)F)cc1Cl)Cc1ccccc1. The highest BCUT2D eigenvalue weighted by Gasteiger charge is 2.31. The quantitative estimate of drug-likeness (QED) is 0.752. The highest BCUT2D eigenvalue weighted by atomic mass is 35.5. The van der Waals surface area contributed by atoms with Gasteiger partial charge in [-0.3, -0.25) is 4.98 Å². The van der Waals surface area contributed by atoms with Crippen LogP contribution >= 0.6 is 11.6 Å². The molecular formula is C16H16ClF3N2O2S. The molecule has 9 heteroatoms. The zero-order valence-electron chi connectivity index (χ0n) is 13.3. The van der Waals surface area contributed by atoms with E-state index < -0.39 is 21.8 Å². The molecule has 1 aromatic carbocycles. The first kappa shape index (κ1) is 19.7. The molecule has 1 heterocycles. The average Bonchev–Trinajstić information content (AvgIpc) is 2.51. The maximum atomic E-state index is 12.6. The van der Waals surface area contributed by atoms with E-state index in [9.17, 15) is 21.6 Å².